The highest BCUT2D eigenvalue weighted by Gasteiger charge is 2.10. The van der Waals surface area contributed by atoms with Crippen LogP contribution in [0.25, 0.3) is 0 Å². The molecule has 5 heteroatoms. The number of hydrogen-bond acceptors (Lipinski definition) is 3. The Morgan fingerprint density at radius 2 is 1.95 bits per heavy atom. The van der Waals surface area contributed by atoms with E-state index in [0.29, 0.717) is 11.5 Å². The minimum absolute atomic E-state index is 0.242. The van der Waals surface area contributed by atoms with Crippen LogP contribution in [0.4, 0.5) is 10.1 Å². The Kier molecular flexibility index (Phi) is 4.29. The van der Waals surface area contributed by atoms with Crippen molar-refractivity contribution in [2.45, 2.75) is 20.4 Å². The number of nitrogens with one attached hydrogen (secondary N) is 1. The van der Waals surface area contributed by atoms with E-state index in [1.807, 2.05) is 19.9 Å². The van der Waals surface area contributed by atoms with Gasteiger partial charge in [0.2, 0.25) is 0 Å². The Labute approximate surface area is 123 Å². The Hall–Kier alpha value is -2.01. The van der Waals surface area contributed by atoms with Crippen molar-refractivity contribution in [1.29, 1.82) is 0 Å². The van der Waals surface area contributed by atoms with Gasteiger partial charge in [-0.1, -0.05) is 24.4 Å². The summed E-state index contributed by atoms with van der Waals surface area (Å²) in [5.41, 5.74) is 10.0. The second-order valence-corrected chi connectivity index (χ2v) is 5.06. The summed E-state index contributed by atoms with van der Waals surface area (Å²) in [7, 11) is 0. The largest absolute Gasteiger partial charge is 0.389 e. The van der Waals surface area contributed by atoms with Gasteiger partial charge in [-0.15, -0.1) is 0 Å². The number of anilines is 1. The summed E-state index contributed by atoms with van der Waals surface area (Å²) >= 11 is 5.08. The molecule has 0 unspecified atom stereocenters. The fourth-order valence-electron chi connectivity index (χ4n) is 2.08. The quantitative estimate of drug-likeness (QED) is 0.849. The minimum Gasteiger partial charge on any atom is -0.389 e. The van der Waals surface area contributed by atoms with Crippen LogP contribution in [0.5, 0.6) is 0 Å². The lowest BCUT2D eigenvalue weighted by atomic mass is 10.1. The fourth-order valence-corrected chi connectivity index (χ4v) is 2.34. The van der Waals surface area contributed by atoms with Gasteiger partial charge in [0.1, 0.15) is 10.8 Å². The minimum atomic E-state index is -0.242. The first-order chi connectivity index (χ1) is 9.47. The predicted octanol–water partition coefficient (Wildman–Crippen LogP) is 3.08. The zero-order valence-corrected chi connectivity index (χ0v) is 12.2. The first kappa shape index (κ1) is 14.4. The molecule has 3 nitrogen and oxygen atoms in total. The van der Waals surface area contributed by atoms with Crippen LogP contribution in [0.1, 0.15) is 22.5 Å². The maximum absolute atomic E-state index is 12.9. The van der Waals surface area contributed by atoms with Gasteiger partial charge in [0, 0.05) is 23.6 Å². The summed E-state index contributed by atoms with van der Waals surface area (Å²) in [6, 6.07) is 8.27. The number of benzene rings is 1. The molecule has 0 radical (unpaired) electrons. The third kappa shape index (κ3) is 3.30. The highest BCUT2D eigenvalue weighted by molar-refractivity contribution is 7.80. The molecule has 0 amide bonds. The molecule has 0 bridgehead atoms. The lowest BCUT2D eigenvalue weighted by Crippen LogP contribution is -2.16. The first-order valence-corrected chi connectivity index (χ1v) is 6.64. The van der Waals surface area contributed by atoms with Crippen molar-refractivity contribution in [2.24, 2.45) is 5.73 Å². The van der Waals surface area contributed by atoms with Crippen molar-refractivity contribution >= 4 is 22.9 Å². The average molecular weight is 289 g/mol. The van der Waals surface area contributed by atoms with Crippen LogP contribution in [0.3, 0.4) is 0 Å². The smallest absolute Gasteiger partial charge is 0.123 e. The van der Waals surface area contributed by atoms with Gasteiger partial charge in [-0.3, -0.25) is 4.98 Å². The molecule has 20 heavy (non-hydrogen) atoms. The third-order valence-corrected chi connectivity index (χ3v) is 3.18. The summed E-state index contributed by atoms with van der Waals surface area (Å²) in [5, 5.41) is 3.28. The van der Waals surface area contributed by atoms with Gasteiger partial charge in [-0.25, -0.2) is 4.39 Å². The number of rotatable bonds is 4. The highest BCUT2D eigenvalue weighted by atomic mass is 32.1. The Morgan fingerprint density at radius 3 is 2.55 bits per heavy atom. The van der Waals surface area contributed by atoms with Crippen LogP contribution < -0.4 is 11.1 Å². The van der Waals surface area contributed by atoms with Crippen LogP contribution in [-0.4, -0.2) is 9.97 Å². The average Bonchev–Trinajstić information content (AvgIpc) is 2.36. The van der Waals surface area contributed by atoms with Crippen LogP contribution in [-0.2, 0) is 6.54 Å². The molecule has 1 heterocycles. The number of aryl methyl sites for hydroxylation is 2. The van der Waals surface area contributed by atoms with Crippen molar-refractivity contribution in [3.63, 3.8) is 0 Å². The van der Waals surface area contributed by atoms with Crippen LogP contribution in [0, 0.1) is 19.7 Å². The zero-order valence-electron chi connectivity index (χ0n) is 11.4. The van der Waals surface area contributed by atoms with Gasteiger partial charge >= 0.3 is 0 Å². The fraction of sp³-hybridized carbons (Fsp3) is 0.200. The van der Waals surface area contributed by atoms with E-state index in [0.717, 1.165) is 28.2 Å². The monoisotopic (exact) mass is 289 g/mol. The summed E-state index contributed by atoms with van der Waals surface area (Å²) in [6.45, 7) is 4.36. The summed E-state index contributed by atoms with van der Waals surface area (Å²) in [6.07, 6.45) is 0. The molecule has 0 atom stereocenters. The Morgan fingerprint density at radius 1 is 1.30 bits per heavy atom. The Balaban J connectivity index is 2.24. The molecule has 0 saturated carbocycles. The lowest BCUT2D eigenvalue weighted by Gasteiger charge is -2.14. The molecular formula is C15H16FN3S. The number of halogens is 1. The first-order valence-electron chi connectivity index (χ1n) is 6.23. The molecule has 0 aliphatic rings. The van der Waals surface area contributed by atoms with E-state index in [1.54, 1.807) is 12.1 Å². The van der Waals surface area contributed by atoms with E-state index in [1.165, 1.54) is 12.1 Å². The topological polar surface area (TPSA) is 50.9 Å². The van der Waals surface area contributed by atoms with E-state index in [-0.39, 0.29) is 5.82 Å². The number of aromatic nitrogens is 1. The highest BCUT2D eigenvalue weighted by Crippen LogP contribution is 2.20. The number of nitrogens with zero attached hydrogens (tertiary/aromatic N) is 1. The van der Waals surface area contributed by atoms with Crippen LogP contribution >= 0.6 is 12.2 Å². The molecule has 0 aliphatic heterocycles. The third-order valence-electron chi connectivity index (χ3n) is 2.97. The number of nitrogens with two attached hydrogens (primary N) is 1. The molecule has 0 fully saturated rings. The van der Waals surface area contributed by atoms with Gasteiger partial charge in [0.15, 0.2) is 0 Å². The molecule has 2 aromatic rings. The second kappa shape index (κ2) is 5.96. The molecule has 3 N–H and O–H groups in total. The van der Waals surface area contributed by atoms with Crippen molar-refractivity contribution in [2.75, 3.05) is 5.32 Å². The van der Waals surface area contributed by atoms with Gasteiger partial charge in [-0.2, -0.15) is 0 Å². The van der Waals surface area contributed by atoms with Gasteiger partial charge in [0.25, 0.3) is 0 Å². The molecule has 0 spiro atoms. The van der Waals surface area contributed by atoms with Crippen molar-refractivity contribution in [3.05, 3.63) is 58.7 Å². The number of thiocarbonyl (C=S) groups is 1. The molecular weight excluding hydrogens is 273 g/mol. The summed E-state index contributed by atoms with van der Waals surface area (Å²) in [4.78, 5) is 4.68. The zero-order chi connectivity index (χ0) is 14.7. The molecule has 0 saturated heterocycles. The van der Waals surface area contributed by atoms with Gasteiger partial charge < -0.3 is 11.1 Å². The maximum atomic E-state index is 12.9. The molecule has 0 aliphatic carbocycles. The Bertz CT molecular complexity index is 638. The van der Waals surface area contributed by atoms with E-state index in [9.17, 15) is 4.39 Å². The summed E-state index contributed by atoms with van der Waals surface area (Å²) in [5.74, 6) is -0.242. The van der Waals surface area contributed by atoms with Crippen LogP contribution in [0.2, 0.25) is 0 Å². The van der Waals surface area contributed by atoms with Crippen molar-refractivity contribution in [3.8, 4) is 0 Å². The van der Waals surface area contributed by atoms with E-state index in [4.69, 9.17) is 18.0 Å². The second-order valence-electron chi connectivity index (χ2n) is 4.62. The molecule has 1 aromatic heterocycles. The normalized spacial score (nSPS) is 10.3. The lowest BCUT2D eigenvalue weighted by molar-refractivity contribution is 0.627. The maximum Gasteiger partial charge on any atom is 0.123 e. The SMILES string of the molecule is Cc1cc(NCc2ccc(F)cc2)c(C(N)=S)c(C)n1. The van der Waals surface area contributed by atoms with Gasteiger partial charge in [-0.05, 0) is 37.6 Å². The van der Waals surface area contributed by atoms with Crippen molar-refractivity contribution < 1.29 is 4.39 Å². The van der Waals surface area contributed by atoms with Crippen molar-refractivity contribution in [1.82, 2.24) is 4.98 Å². The summed E-state index contributed by atoms with van der Waals surface area (Å²) < 4.78 is 12.9. The van der Waals surface area contributed by atoms with E-state index < -0.39 is 0 Å². The predicted molar refractivity (Wildman–Crippen MR) is 83.3 cm³/mol. The molecule has 1 aromatic carbocycles. The van der Waals surface area contributed by atoms with E-state index in [2.05, 4.69) is 10.3 Å². The standard InChI is InChI=1S/C15H16FN3S/c1-9-7-13(14(15(17)20)10(2)19-9)18-8-11-3-5-12(16)6-4-11/h3-7H,8H2,1-2H3,(H2,17,20)(H,18,19). The van der Waals surface area contributed by atoms with E-state index >= 15 is 0 Å². The molecule has 104 valence electrons. The number of pyridine rings is 1. The van der Waals surface area contributed by atoms with Gasteiger partial charge in [0.05, 0.1) is 5.56 Å². The van der Waals surface area contributed by atoms with Crippen LogP contribution in [0.15, 0.2) is 30.3 Å². The molecule has 2 rings (SSSR count). The number of hydrogen-bond donors (Lipinski definition) is 2.